The molecule has 1 rings (SSSR count). The summed E-state index contributed by atoms with van der Waals surface area (Å²) in [6, 6.07) is 3.09. The van der Waals surface area contributed by atoms with Crippen LogP contribution in [0.2, 0.25) is 15.1 Å². The van der Waals surface area contributed by atoms with Crippen LogP contribution in [0.4, 0.5) is 5.69 Å². The summed E-state index contributed by atoms with van der Waals surface area (Å²) in [5.41, 5.74) is 3.13. The van der Waals surface area contributed by atoms with E-state index in [2.05, 4.69) is 10.5 Å². The third kappa shape index (κ3) is 3.87. The highest BCUT2D eigenvalue weighted by Crippen LogP contribution is 2.33. The van der Waals surface area contributed by atoms with Crippen molar-refractivity contribution in [2.75, 3.05) is 5.43 Å². The van der Waals surface area contributed by atoms with Crippen molar-refractivity contribution in [3.05, 3.63) is 27.2 Å². The van der Waals surface area contributed by atoms with Gasteiger partial charge >= 0.3 is 0 Å². The Kier molecular flexibility index (Phi) is 5.02. The van der Waals surface area contributed by atoms with Crippen molar-refractivity contribution in [2.45, 2.75) is 20.8 Å². The van der Waals surface area contributed by atoms with Crippen LogP contribution in [0.15, 0.2) is 17.2 Å². The molecule has 0 aliphatic rings. The molecule has 0 unspecified atom stereocenters. The molecule has 98 valence electrons. The van der Waals surface area contributed by atoms with E-state index in [0.717, 1.165) is 0 Å². The molecule has 0 aliphatic heterocycles. The smallest absolute Gasteiger partial charge is 0.166 e. The summed E-state index contributed by atoms with van der Waals surface area (Å²) in [6.07, 6.45) is 0.699. The maximum Gasteiger partial charge on any atom is 0.166 e. The summed E-state index contributed by atoms with van der Waals surface area (Å²) < 4.78 is 0. The van der Waals surface area contributed by atoms with Crippen molar-refractivity contribution in [1.82, 2.24) is 0 Å². The highest BCUT2D eigenvalue weighted by atomic mass is 35.5. The van der Waals surface area contributed by atoms with E-state index in [1.165, 1.54) is 0 Å². The largest absolute Gasteiger partial charge is 0.296 e. The summed E-state index contributed by atoms with van der Waals surface area (Å²) in [4.78, 5) is 10.9. The first-order valence-electron chi connectivity index (χ1n) is 5.19. The number of nitrogens with one attached hydrogen (secondary N) is 1. The fraction of sp³-hybridized carbons (Fsp3) is 0.333. The normalized spacial score (nSPS) is 12.4. The van der Waals surface area contributed by atoms with E-state index >= 15 is 0 Å². The van der Waals surface area contributed by atoms with Crippen LogP contribution in [0, 0.1) is 5.41 Å². The zero-order valence-electron chi connectivity index (χ0n) is 10.2. The first-order valence-corrected chi connectivity index (χ1v) is 6.33. The average Bonchev–Trinajstić information content (AvgIpc) is 2.19. The molecule has 18 heavy (non-hydrogen) atoms. The van der Waals surface area contributed by atoms with Crippen LogP contribution < -0.4 is 5.43 Å². The van der Waals surface area contributed by atoms with Crippen LogP contribution in [0.3, 0.4) is 0 Å². The number of benzene rings is 1. The molecule has 0 spiro atoms. The van der Waals surface area contributed by atoms with Gasteiger partial charge in [0.15, 0.2) is 6.29 Å². The molecule has 0 aromatic heterocycles. The summed E-state index contributed by atoms with van der Waals surface area (Å²) in [5, 5.41) is 5.14. The van der Waals surface area contributed by atoms with Crippen LogP contribution in [0.25, 0.3) is 0 Å². The third-order valence-corrected chi connectivity index (χ3v) is 2.99. The SMILES string of the molecule is CC(C)(C)C(C=O)=NNc1c(Cl)cc(Cl)cc1Cl. The van der Waals surface area contributed by atoms with Gasteiger partial charge in [0.2, 0.25) is 0 Å². The zero-order chi connectivity index (χ0) is 13.9. The number of rotatable bonds is 3. The molecule has 0 saturated carbocycles. The van der Waals surface area contributed by atoms with Gasteiger partial charge in [-0.15, -0.1) is 0 Å². The number of anilines is 1. The molecule has 1 aromatic carbocycles. The Bertz CT molecular complexity index is 470. The van der Waals surface area contributed by atoms with Crippen LogP contribution >= 0.6 is 34.8 Å². The number of carbonyl (C=O) groups excluding carboxylic acids is 1. The van der Waals surface area contributed by atoms with Crippen molar-refractivity contribution in [2.24, 2.45) is 10.5 Å². The highest BCUT2D eigenvalue weighted by molar-refractivity contribution is 6.41. The van der Waals surface area contributed by atoms with Gasteiger partial charge < -0.3 is 0 Å². The van der Waals surface area contributed by atoms with Gasteiger partial charge in [-0.05, 0) is 12.1 Å². The topological polar surface area (TPSA) is 41.5 Å². The van der Waals surface area contributed by atoms with Gasteiger partial charge in [-0.1, -0.05) is 55.6 Å². The van der Waals surface area contributed by atoms with E-state index in [1.54, 1.807) is 12.1 Å². The Hall–Kier alpha value is -0.770. The predicted octanol–water partition coefficient (Wildman–Crippen LogP) is 4.66. The summed E-state index contributed by atoms with van der Waals surface area (Å²) in [7, 11) is 0. The lowest BCUT2D eigenvalue weighted by Gasteiger charge is -2.17. The molecule has 0 fully saturated rings. The molecule has 0 saturated heterocycles. The second-order valence-electron chi connectivity index (χ2n) is 4.72. The van der Waals surface area contributed by atoms with E-state index in [4.69, 9.17) is 34.8 Å². The second-order valence-corrected chi connectivity index (χ2v) is 5.97. The first-order chi connectivity index (χ1) is 8.25. The Morgan fingerprint density at radius 3 is 2.11 bits per heavy atom. The van der Waals surface area contributed by atoms with Crippen molar-refractivity contribution < 1.29 is 4.79 Å². The minimum atomic E-state index is -0.361. The van der Waals surface area contributed by atoms with Gasteiger partial charge in [0, 0.05) is 10.4 Å². The van der Waals surface area contributed by atoms with Crippen LogP contribution in [0.1, 0.15) is 20.8 Å². The second kappa shape index (κ2) is 5.91. The number of hydrazone groups is 1. The molecular weight excluding hydrogens is 295 g/mol. The molecule has 0 amide bonds. The third-order valence-electron chi connectivity index (χ3n) is 2.18. The van der Waals surface area contributed by atoms with Gasteiger partial charge in [0.05, 0.1) is 15.7 Å². The van der Waals surface area contributed by atoms with E-state index in [1.807, 2.05) is 20.8 Å². The van der Waals surface area contributed by atoms with Gasteiger partial charge in [-0.2, -0.15) is 5.10 Å². The predicted molar refractivity (Wildman–Crippen MR) is 78.0 cm³/mol. The van der Waals surface area contributed by atoms with Crippen LogP contribution in [-0.4, -0.2) is 12.0 Å². The number of carbonyl (C=O) groups is 1. The van der Waals surface area contributed by atoms with E-state index in [-0.39, 0.29) is 5.41 Å². The minimum Gasteiger partial charge on any atom is -0.296 e. The van der Waals surface area contributed by atoms with Gasteiger partial charge in [0.1, 0.15) is 5.71 Å². The van der Waals surface area contributed by atoms with Crippen LogP contribution in [-0.2, 0) is 4.79 Å². The lowest BCUT2D eigenvalue weighted by molar-refractivity contribution is -0.103. The van der Waals surface area contributed by atoms with Crippen LogP contribution in [0.5, 0.6) is 0 Å². The fourth-order valence-electron chi connectivity index (χ4n) is 1.14. The maximum absolute atomic E-state index is 10.9. The molecule has 6 heteroatoms. The van der Waals surface area contributed by atoms with Crippen molar-refractivity contribution in [3.8, 4) is 0 Å². The first kappa shape index (κ1) is 15.3. The number of hydrogen-bond acceptors (Lipinski definition) is 3. The number of hydrogen-bond donors (Lipinski definition) is 1. The molecular formula is C12H13Cl3N2O. The average molecular weight is 308 g/mol. The quantitative estimate of drug-likeness (QED) is 0.501. The maximum atomic E-state index is 10.9. The zero-order valence-corrected chi connectivity index (χ0v) is 12.5. The lowest BCUT2D eigenvalue weighted by atomic mass is 9.91. The Balaban J connectivity index is 3.06. The fourth-order valence-corrected chi connectivity index (χ4v) is 2.04. The molecule has 3 nitrogen and oxygen atoms in total. The molecule has 0 bridgehead atoms. The summed E-state index contributed by atoms with van der Waals surface area (Å²) >= 11 is 17.8. The Labute approximate surface area is 121 Å². The Morgan fingerprint density at radius 1 is 1.22 bits per heavy atom. The molecule has 1 aromatic rings. The highest BCUT2D eigenvalue weighted by Gasteiger charge is 2.18. The van der Waals surface area contributed by atoms with Gasteiger partial charge in [-0.25, -0.2) is 0 Å². The number of halogens is 3. The standard InChI is InChI=1S/C12H13Cl3N2O/c1-12(2,3)10(6-18)16-17-11-8(14)4-7(13)5-9(11)15/h4-6,17H,1-3H3. The van der Waals surface area contributed by atoms with Gasteiger partial charge in [0.25, 0.3) is 0 Å². The van der Waals surface area contributed by atoms with Crippen molar-refractivity contribution >= 4 is 52.5 Å². The van der Waals surface area contributed by atoms with Crippen molar-refractivity contribution in [3.63, 3.8) is 0 Å². The van der Waals surface area contributed by atoms with Crippen molar-refractivity contribution in [1.29, 1.82) is 0 Å². The number of aldehydes is 1. The monoisotopic (exact) mass is 306 g/mol. The molecule has 1 N–H and O–H groups in total. The van der Waals surface area contributed by atoms with E-state index < -0.39 is 0 Å². The summed E-state index contributed by atoms with van der Waals surface area (Å²) in [5.74, 6) is 0. The van der Waals surface area contributed by atoms with Gasteiger partial charge in [-0.3, -0.25) is 10.2 Å². The minimum absolute atomic E-state index is 0.343. The molecule has 0 heterocycles. The molecule has 0 atom stereocenters. The molecule has 0 aliphatic carbocycles. The lowest BCUT2D eigenvalue weighted by Crippen LogP contribution is -2.22. The van der Waals surface area contributed by atoms with E-state index in [9.17, 15) is 4.79 Å². The van der Waals surface area contributed by atoms with E-state index in [0.29, 0.717) is 32.8 Å². The number of nitrogens with zero attached hydrogens (tertiary/aromatic N) is 1. The molecule has 0 radical (unpaired) electrons. The Morgan fingerprint density at radius 2 is 1.72 bits per heavy atom. The summed E-state index contributed by atoms with van der Waals surface area (Å²) in [6.45, 7) is 5.65.